The van der Waals surface area contributed by atoms with Crippen molar-refractivity contribution in [3.8, 4) is 0 Å². The molecule has 0 spiro atoms. The Bertz CT molecular complexity index is 635. The first-order valence-electron chi connectivity index (χ1n) is 6.78. The summed E-state index contributed by atoms with van der Waals surface area (Å²) in [6, 6.07) is 6.09. The second kappa shape index (κ2) is 4.41. The molecule has 19 heavy (non-hydrogen) atoms. The molecular weight excluding hydrogens is 240 g/mol. The van der Waals surface area contributed by atoms with Gasteiger partial charge in [-0.3, -0.25) is 4.79 Å². The third-order valence-electron chi connectivity index (χ3n) is 4.22. The van der Waals surface area contributed by atoms with Crippen molar-refractivity contribution in [3.63, 3.8) is 0 Å². The second-order valence-electron chi connectivity index (χ2n) is 5.55. The Morgan fingerprint density at radius 3 is 2.79 bits per heavy atom. The first kappa shape index (κ1) is 12.3. The number of benzene rings is 1. The van der Waals surface area contributed by atoms with Gasteiger partial charge in [0.05, 0.1) is 6.42 Å². The van der Waals surface area contributed by atoms with E-state index in [-0.39, 0.29) is 12.3 Å². The highest BCUT2D eigenvalue weighted by atomic mass is 16.4. The molecule has 1 aliphatic carbocycles. The minimum atomic E-state index is -0.728. The first-order chi connectivity index (χ1) is 9.08. The smallest absolute Gasteiger partial charge is 0.303 e. The molecule has 1 unspecified atom stereocenters. The standard InChI is InChI=1S/C16H18O3/c1-9-10(2)19-16-12(9)4-3-5-13(16)14(8-15(17)18)11-6-7-11/h3-5,11,14H,6-8H2,1-2H3,(H,17,18). The van der Waals surface area contributed by atoms with Crippen LogP contribution in [0.25, 0.3) is 11.0 Å². The number of hydrogen-bond acceptors (Lipinski definition) is 2. The van der Waals surface area contributed by atoms with Crippen LogP contribution in [0, 0.1) is 19.8 Å². The van der Waals surface area contributed by atoms with Crippen LogP contribution in [-0.2, 0) is 4.79 Å². The predicted octanol–water partition coefficient (Wildman–Crippen LogP) is 4.02. The van der Waals surface area contributed by atoms with E-state index >= 15 is 0 Å². The van der Waals surface area contributed by atoms with Crippen LogP contribution in [0.5, 0.6) is 0 Å². The molecule has 0 aliphatic heterocycles. The second-order valence-corrected chi connectivity index (χ2v) is 5.55. The molecule has 1 fully saturated rings. The van der Waals surface area contributed by atoms with Crippen LogP contribution in [0.2, 0.25) is 0 Å². The zero-order valence-electron chi connectivity index (χ0n) is 11.3. The number of aryl methyl sites for hydroxylation is 2. The van der Waals surface area contributed by atoms with Crippen LogP contribution in [-0.4, -0.2) is 11.1 Å². The maximum atomic E-state index is 11.1. The van der Waals surface area contributed by atoms with Crippen molar-refractivity contribution in [3.05, 3.63) is 35.1 Å². The average molecular weight is 258 g/mol. The van der Waals surface area contributed by atoms with Crippen LogP contribution in [0.15, 0.2) is 22.6 Å². The fourth-order valence-corrected chi connectivity index (χ4v) is 2.89. The van der Waals surface area contributed by atoms with E-state index in [9.17, 15) is 4.79 Å². The number of para-hydroxylation sites is 1. The van der Waals surface area contributed by atoms with Crippen molar-refractivity contribution in [2.75, 3.05) is 0 Å². The Balaban J connectivity index is 2.12. The summed E-state index contributed by atoms with van der Waals surface area (Å²) in [5, 5.41) is 10.2. The molecule has 1 aliphatic rings. The maximum Gasteiger partial charge on any atom is 0.303 e. The van der Waals surface area contributed by atoms with Gasteiger partial charge in [0.25, 0.3) is 0 Å². The van der Waals surface area contributed by atoms with Crippen LogP contribution in [0.4, 0.5) is 0 Å². The maximum absolute atomic E-state index is 11.1. The third kappa shape index (κ3) is 2.14. The van der Waals surface area contributed by atoms with Gasteiger partial charge in [0.15, 0.2) is 0 Å². The van der Waals surface area contributed by atoms with Crippen molar-refractivity contribution >= 4 is 16.9 Å². The highest BCUT2D eigenvalue weighted by molar-refractivity contribution is 5.85. The van der Waals surface area contributed by atoms with E-state index in [2.05, 4.69) is 6.07 Å². The molecule has 100 valence electrons. The number of furan rings is 1. The Morgan fingerprint density at radius 1 is 1.42 bits per heavy atom. The van der Waals surface area contributed by atoms with Gasteiger partial charge in [-0.25, -0.2) is 0 Å². The fourth-order valence-electron chi connectivity index (χ4n) is 2.89. The molecular formula is C16H18O3. The zero-order chi connectivity index (χ0) is 13.6. The Kier molecular flexibility index (Phi) is 2.85. The molecule has 1 heterocycles. The van der Waals surface area contributed by atoms with Gasteiger partial charge < -0.3 is 9.52 Å². The molecule has 0 bridgehead atoms. The molecule has 1 saturated carbocycles. The number of aliphatic carboxylic acids is 1. The van der Waals surface area contributed by atoms with Crippen LogP contribution in [0.1, 0.15) is 42.1 Å². The highest BCUT2D eigenvalue weighted by Gasteiger charge is 2.35. The van der Waals surface area contributed by atoms with Crippen LogP contribution < -0.4 is 0 Å². The lowest BCUT2D eigenvalue weighted by Crippen LogP contribution is -2.08. The summed E-state index contributed by atoms with van der Waals surface area (Å²) in [6.45, 7) is 4.01. The molecule has 1 aromatic carbocycles. The Morgan fingerprint density at radius 2 is 2.16 bits per heavy atom. The number of rotatable bonds is 4. The quantitative estimate of drug-likeness (QED) is 0.901. The van der Waals surface area contributed by atoms with Gasteiger partial charge in [-0.15, -0.1) is 0 Å². The van der Waals surface area contributed by atoms with E-state index in [1.54, 1.807) is 0 Å². The Labute approximate surface area is 112 Å². The lowest BCUT2D eigenvalue weighted by atomic mass is 9.89. The number of carboxylic acid groups (broad SMARTS) is 1. The zero-order valence-corrected chi connectivity index (χ0v) is 11.3. The molecule has 1 aromatic heterocycles. The summed E-state index contributed by atoms with van der Waals surface area (Å²) in [7, 11) is 0. The molecule has 0 saturated heterocycles. The summed E-state index contributed by atoms with van der Waals surface area (Å²) >= 11 is 0. The van der Waals surface area contributed by atoms with Crippen molar-refractivity contribution in [1.82, 2.24) is 0 Å². The van der Waals surface area contributed by atoms with Gasteiger partial charge in [0.2, 0.25) is 0 Å². The summed E-state index contributed by atoms with van der Waals surface area (Å²) in [5.41, 5.74) is 3.11. The van der Waals surface area contributed by atoms with Crippen molar-refractivity contribution < 1.29 is 14.3 Å². The topological polar surface area (TPSA) is 50.4 Å². The van der Waals surface area contributed by atoms with Gasteiger partial charge in [-0.2, -0.15) is 0 Å². The highest BCUT2D eigenvalue weighted by Crippen LogP contribution is 2.46. The average Bonchev–Trinajstić information content (AvgIpc) is 3.15. The van der Waals surface area contributed by atoms with Gasteiger partial charge in [-0.1, -0.05) is 18.2 Å². The molecule has 2 aromatic rings. The van der Waals surface area contributed by atoms with E-state index in [4.69, 9.17) is 9.52 Å². The van der Waals surface area contributed by atoms with Crippen LogP contribution in [0.3, 0.4) is 0 Å². The summed E-state index contributed by atoms with van der Waals surface area (Å²) < 4.78 is 5.88. The molecule has 3 heteroatoms. The van der Waals surface area contributed by atoms with E-state index in [0.717, 1.165) is 40.7 Å². The first-order valence-corrected chi connectivity index (χ1v) is 6.78. The van der Waals surface area contributed by atoms with E-state index in [1.807, 2.05) is 26.0 Å². The number of hydrogen-bond donors (Lipinski definition) is 1. The van der Waals surface area contributed by atoms with Gasteiger partial charge in [0, 0.05) is 11.3 Å². The number of carboxylic acids is 1. The molecule has 1 N–H and O–H groups in total. The van der Waals surface area contributed by atoms with Gasteiger partial charge >= 0.3 is 5.97 Å². The van der Waals surface area contributed by atoms with Crippen LogP contribution >= 0.6 is 0 Å². The molecule has 3 nitrogen and oxygen atoms in total. The number of fused-ring (bicyclic) bond motifs is 1. The molecule has 1 atom stereocenters. The van der Waals surface area contributed by atoms with E-state index in [0.29, 0.717) is 5.92 Å². The van der Waals surface area contributed by atoms with Gasteiger partial charge in [0.1, 0.15) is 11.3 Å². The molecule has 0 amide bonds. The fraction of sp³-hybridized carbons (Fsp3) is 0.438. The minimum absolute atomic E-state index is 0.0890. The van der Waals surface area contributed by atoms with E-state index < -0.39 is 5.97 Å². The lowest BCUT2D eigenvalue weighted by Gasteiger charge is -2.14. The summed E-state index contributed by atoms with van der Waals surface area (Å²) in [4.78, 5) is 11.1. The molecule has 0 radical (unpaired) electrons. The summed E-state index contributed by atoms with van der Waals surface area (Å²) in [6.07, 6.45) is 2.46. The monoisotopic (exact) mass is 258 g/mol. The largest absolute Gasteiger partial charge is 0.481 e. The normalized spacial score (nSPS) is 16.7. The van der Waals surface area contributed by atoms with Crippen molar-refractivity contribution in [2.24, 2.45) is 5.92 Å². The lowest BCUT2D eigenvalue weighted by molar-refractivity contribution is -0.137. The SMILES string of the molecule is Cc1oc2c(C(CC(=O)O)C3CC3)cccc2c1C. The minimum Gasteiger partial charge on any atom is -0.481 e. The predicted molar refractivity (Wildman–Crippen MR) is 73.4 cm³/mol. The van der Waals surface area contributed by atoms with Gasteiger partial charge in [-0.05, 0) is 43.7 Å². The van der Waals surface area contributed by atoms with Crippen molar-refractivity contribution in [2.45, 2.75) is 39.0 Å². The number of carbonyl (C=O) groups is 1. The van der Waals surface area contributed by atoms with Crippen molar-refractivity contribution in [1.29, 1.82) is 0 Å². The molecule has 3 rings (SSSR count). The van der Waals surface area contributed by atoms with E-state index in [1.165, 1.54) is 0 Å². The Hall–Kier alpha value is -1.77. The third-order valence-corrected chi connectivity index (χ3v) is 4.22. The summed E-state index contributed by atoms with van der Waals surface area (Å²) in [5.74, 6) is 0.791.